The lowest BCUT2D eigenvalue weighted by molar-refractivity contribution is 0.597. The number of aromatic amines is 1. The van der Waals surface area contributed by atoms with E-state index in [0.717, 1.165) is 5.69 Å². The van der Waals surface area contributed by atoms with E-state index in [0.29, 0.717) is 39.5 Å². The summed E-state index contributed by atoms with van der Waals surface area (Å²) in [7, 11) is -3.30. The minimum absolute atomic E-state index is 0.0540. The van der Waals surface area contributed by atoms with Crippen molar-refractivity contribution in [3.63, 3.8) is 0 Å². The summed E-state index contributed by atoms with van der Waals surface area (Å²) in [5.74, 6) is 1.88. The highest BCUT2D eigenvalue weighted by Gasteiger charge is 2.25. The molecule has 0 aliphatic heterocycles. The van der Waals surface area contributed by atoms with Gasteiger partial charge in [-0.05, 0) is 25.0 Å². The number of H-pyrrole nitrogens is 1. The van der Waals surface area contributed by atoms with Gasteiger partial charge in [0.05, 0.1) is 16.3 Å². The average molecular weight is 408 g/mol. The molecule has 9 heteroatoms. The Morgan fingerprint density at radius 2 is 2.10 bits per heavy atom. The van der Waals surface area contributed by atoms with Gasteiger partial charge in [-0.2, -0.15) is 5.10 Å². The number of nitrogens with zero attached hydrogens (tertiary/aromatic N) is 4. The first-order valence-electron chi connectivity index (χ1n) is 9.53. The lowest BCUT2D eigenvalue weighted by Crippen LogP contribution is -2.05. The first-order valence-corrected chi connectivity index (χ1v) is 11.2. The van der Waals surface area contributed by atoms with E-state index < -0.39 is 9.84 Å². The van der Waals surface area contributed by atoms with Crippen LogP contribution in [0.2, 0.25) is 0 Å². The van der Waals surface area contributed by atoms with Crippen LogP contribution < -0.4 is 5.32 Å². The Bertz CT molecular complexity index is 1300. The summed E-state index contributed by atoms with van der Waals surface area (Å²) < 4.78 is 26.4. The van der Waals surface area contributed by atoms with E-state index in [9.17, 15) is 8.42 Å². The van der Waals surface area contributed by atoms with Crippen LogP contribution in [0.15, 0.2) is 53.7 Å². The second kappa shape index (κ2) is 6.70. The number of anilines is 2. The number of hydrogen-bond donors (Lipinski definition) is 2. The molecule has 5 rings (SSSR count). The normalized spacial score (nSPS) is 14.4. The van der Waals surface area contributed by atoms with Crippen LogP contribution in [0.25, 0.3) is 16.9 Å². The van der Waals surface area contributed by atoms with E-state index in [2.05, 4.69) is 20.5 Å². The monoisotopic (exact) mass is 408 g/mol. The fraction of sp³-hybridized carbons (Fsp3) is 0.250. The molecular formula is C20H20N6O2S. The van der Waals surface area contributed by atoms with E-state index in [1.807, 2.05) is 28.8 Å². The molecule has 1 aromatic carbocycles. The standard InChI is InChI=1S/C20H20N6O2S/c1-2-29(27,28)15-5-3-4-14(10-15)16-12-19-21-8-9-26(19)20(22-16)23-18-11-17(24-25-18)13-6-7-13/h3-5,8-13H,2,6-7H2,1H3,(H2,22,23,24,25). The number of sulfone groups is 1. The molecule has 1 fully saturated rings. The average Bonchev–Trinajstić information content (AvgIpc) is 3.28. The third kappa shape index (κ3) is 3.38. The minimum Gasteiger partial charge on any atom is -0.308 e. The summed E-state index contributed by atoms with van der Waals surface area (Å²) in [5, 5.41) is 10.7. The third-order valence-electron chi connectivity index (χ3n) is 5.11. The van der Waals surface area contributed by atoms with Crippen molar-refractivity contribution in [2.75, 3.05) is 11.1 Å². The summed E-state index contributed by atoms with van der Waals surface area (Å²) in [5.41, 5.74) is 3.19. The van der Waals surface area contributed by atoms with Crippen LogP contribution in [0.1, 0.15) is 31.4 Å². The molecule has 3 aromatic heterocycles. The van der Waals surface area contributed by atoms with Crippen LogP contribution in [0.4, 0.5) is 11.8 Å². The first kappa shape index (κ1) is 17.9. The van der Waals surface area contributed by atoms with Crippen molar-refractivity contribution in [1.29, 1.82) is 0 Å². The maximum absolute atomic E-state index is 12.3. The summed E-state index contributed by atoms with van der Waals surface area (Å²) >= 11 is 0. The zero-order valence-corrected chi connectivity index (χ0v) is 16.6. The number of imidazole rings is 1. The molecule has 148 valence electrons. The Morgan fingerprint density at radius 3 is 2.90 bits per heavy atom. The largest absolute Gasteiger partial charge is 0.308 e. The highest BCUT2D eigenvalue weighted by Crippen LogP contribution is 2.39. The maximum atomic E-state index is 12.3. The Labute approximate surface area is 167 Å². The summed E-state index contributed by atoms with van der Waals surface area (Å²) in [4.78, 5) is 9.39. The predicted molar refractivity (Wildman–Crippen MR) is 110 cm³/mol. The Kier molecular flexibility index (Phi) is 4.13. The van der Waals surface area contributed by atoms with Crippen molar-refractivity contribution >= 4 is 27.3 Å². The van der Waals surface area contributed by atoms with E-state index in [1.165, 1.54) is 12.8 Å². The number of rotatable bonds is 6. The molecular weight excluding hydrogens is 388 g/mol. The summed E-state index contributed by atoms with van der Waals surface area (Å²) in [6, 6.07) is 10.7. The Balaban J connectivity index is 1.56. The van der Waals surface area contributed by atoms with Gasteiger partial charge in [-0.1, -0.05) is 19.1 Å². The molecule has 29 heavy (non-hydrogen) atoms. The van der Waals surface area contributed by atoms with Gasteiger partial charge in [-0.25, -0.2) is 18.4 Å². The zero-order chi connectivity index (χ0) is 20.0. The first-order chi connectivity index (χ1) is 14.0. The van der Waals surface area contributed by atoms with Crippen molar-refractivity contribution in [1.82, 2.24) is 24.6 Å². The summed E-state index contributed by atoms with van der Waals surface area (Å²) in [6.07, 6.45) is 5.90. The molecule has 0 atom stereocenters. The van der Waals surface area contributed by atoms with E-state index in [-0.39, 0.29) is 5.75 Å². The maximum Gasteiger partial charge on any atom is 0.214 e. The smallest absolute Gasteiger partial charge is 0.214 e. The quantitative estimate of drug-likeness (QED) is 0.506. The highest BCUT2D eigenvalue weighted by atomic mass is 32.2. The van der Waals surface area contributed by atoms with E-state index in [1.54, 1.807) is 31.3 Å². The van der Waals surface area contributed by atoms with Gasteiger partial charge in [0.15, 0.2) is 15.7 Å². The molecule has 2 N–H and O–H groups in total. The molecule has 1 aliphatic carbocycles. The lowest BCUT2D eigenvalue weighted by Gasteiger charge is -2.10. The van der Waals surface area contributed by atoms with Crippen LogP contribution in [0, 0.1) is 0 Å². The van der Waals surface area contributed by atoms with Crippen LogP contribution in [0.3, 0.4) is 0 Å². The second-order valence-corrected chi connectivity index (χ2v) is 9.44. The van der Waals surface area contributed by atoms with Gasteiger partial charge in [-0.3, -0.25) is 9.50 Å². The van der Waals surface area contributed by atoms with Gasteiger partial charge < -0.3 is 5.32 Å². The highest BCUT2D eigenvalue weighted by molar-refractivity contribution is 7.91. The van der Waals surface area contributed by atoms with Crippen molar-refractivity contribution in [3.8, 4) is 11.3 Å². The molecule has 0 unspecified atom stereocenters. The van der Waals surface area contributed by atoms with Crippen LogP contribution >= 0.6 is 0 Å². The molecule has 0 bridgehead atoms. The lowest BCUT2D eigenvalue weighted by atomic mass is 10.1. The van der Waals surface area contributed by atoms with Crippen molar-refractivity contribution in [2.24, 2.45) is 0 Å². The number of aromatic nitrogens is 5. The van der Waals surface area contributed by atoms with Crippen molar-refractivity contribution in [2.45, 2.75) is 30.6 Å². The van der Waals surface area contributed by atoms with E-state index in [4.69, 9.17) is 4.98 Å². The Morgan fingerprint density at radius 1 is 1.24 bits per heavy atom. The molecule has 0 spiro atoms. The van der Waals surface area contributed by atoms with Gasteiger partial charge in [-0.15, -0.1) is 0 Å². The van der Waals surface area contributed by atoms with E-state index >= 15 is 0 Å². The fourth-order valence-corrected chi connectivity index (χ4v) is 4.22. The molecule has 0 saturated heterocycles. The third-order valence-corrected chi connectivity index (χ3v) is 6.85. The second-order valence-electron chi connectivity index (χ2n) is 7.16. The Hall–Kier alpha value is -3.20. The fourth-order valence-electron chi connectivity index (χ4n) is 3.29. The molecule has 0 radical (unpaired) electrons. The van der Waals surface area contributed by atoms with Crippen molar-refractivity contribution in [3.05, 3.63) is 54.5 Å². The van der Waals surface area contributed by atoms with Gasteiger partial charge in [0.25, 0.3) is 0 Å². The van der Waals surface area contributed by atoms with Gasteiger partial charge in [0.2, 0.25) is 5.95 Å². The molecule has 1 saturated carbocycles. The molecule has 8 nitrogen and oxygen atoms in total. The number of hydrogen-bond acceptors (Lipinski definition) is 6. The molecule has 3 heterocycles. The predicted octanol–water partition coefficient (Wildman–Crippen LogP) is 3.53. The van der Waals surface area contributed by atoms with Crippen LogP contribution in [-0.2, 0) is 9.84 Å². The SMILES string of the molecule is CCS(=O)(=O)c1cccc(-c2cc3nccn3c(Nc3cc(C4CC4)[nH]n3)n2)c1. The van der Waals surface area contributed by atoms with Gasteiger partial charge >= 0.3 is 0 Å². The molecule has 0 amide bonds. The van der Waals surface area contributed by atoms with Gasteiger partial charge in [0, 0.05) is 41.7 Å². The number of nitrogens with one attached hydrogen (secondary N) is 2. The summed E-state index contributed by atoms with van der Waals surface area (Å²) in [6.45, 7) is 1.64. The topological polar surface area (TPSA) is 105 Å². The minimum atomic E-state index is -3.30. The van der Waals surface area contributed by atoms with Crippen LogP contribution in [0.5, 0.6) is 0 Å². The zero-order valence-electron chi connectivity index (χ0n) is 15.8. The number of fused-ring (bicyclic) bond motifs is 1. The van der Waals surface area contributed by atoms with Crippen molar-refractivity contribution < 1.29 is 8.42 Å². The molecule has 4 aromatic rings. The van der Waals surface area contributed by atoms with Crippen LogP contribution in [-0.4, -0.2) is 38.7 Å². The van der Waals surface area contributed by atoms with Gasteiger partial charge in [0.1, 0.15) is 5.65 Å². The molecule has 1 aliphatic rings. The number of benzene rings is 1.